The highest BCUT2D eigenvalue weighted by Gasteiger charge is 2.23. The minimum atomic E-state index is -0.0931. The van der Waals surface area contributed by atoms with E-state index in [-0.39, 0.29) is 11.8 Å². The van der Waals surface area contributed by atoms with Gasteiger partial charge in [-0.1, -0.05) is 23.9 Å². The maximum absolute atomic E-state index is 12.1. The number of benzene rings is 2. The summed E-state index contributed by atoms with van der Waals surface area (Å²) in [6, 6.07) is 15.2. The Bertz CT molecular complexity index is 916. The molecular formula is C19H17N3O2S2. The van der Waals surface area contributed by atoms with Crippen molar-refractivity contribution in [2.24, 2.45) is 0 Å². The van der Waals surface area contributed by atoms with Gasteiger partial charge in [0.2, 0.25) is 5.91 Å². The first-order valence-electron chi connectivity index (χ1n) is 8.36. The minimum Gasteiger partial charge on any atom is -0.349 e. The lowest BCUT2D eigenvalue weighted by molar-refractivity contribution is -0.113. The zero-order valence-electron chi connectivity index (χ0n) is 13.9. The number of hydrogen-bond donors (Lipinski definition) is 2. The summed E-state index contributed by atoms with van der Waals surface area (Å²) >= 11 is 3.01. The Hall–Kier alpha value is -2.38. The molecule has 2 N–H and O–H groups in total. The number of nitrogens with one attached hydrogen (secondary N) is 2. The maximum atomic E-state index is 12.1. The third kappa shape index (κ3) is 4.23. The molecular weight excluding hydrogens is 366 g/mol. The summed E-state index contributed by atoms with van der Waals surface area (Å²) in [6.45, 7) is 0. The van der Waals surface area contributed by atoms with Crippen LogP contribution in [0.5, 0.6) is 0 Å². The first kappa shape index (κ1) is 17.1. The number of carbonyl (C=O) groups is 2. The zero-order valence-corrected chi connectivity index (χ0v) is 15.5. The molecule has 0 aliphatic heterocycles. The monoisotopic (exact) mass is 383 g/mol. The van der Waals surface area contributed by atoms with E-state index in [9.17, 15) is 9.59 Å². The van der Waals surface area contributed by atoms with Crippen LogP contribution in [0.1, 0.15) is 23.2 Å². The van der Waals surface area contributed by atoms with Gasteiger partial charge in [0.1, 0.15) is 0 Å². The molecule has 0 spiro atoms. The second-order valence-electron chi connectivity index (χ2n) is 6.11. The van der Waals surface area contributed by atoms with E-state index in [0.29, 0.717) is 23.0 Å². The fourth-order valence-electron chi connectivity index (χ4n) is 2.44. The van der Waals surface area contributed by atoms with Crippen LogP contribution in [0.25, 0.3) is 10.2 Å². The summed E-state index contributed by atoms with van der Waals surface area (Å²) in [5.41, 5.74) is 2.25. The highest BCUT2D eigenvalue weighted by molar-refractivity contribution is 8.01. The van der Waals surface area contributed by atoms with Crippen LogP contribution in [0.15, 0.2) is 52.9 Å². The molecule has 1 heterocycles. The lowest BCUT2D eigenvalue weighted by atomic mass is 10.2. The number of amides is 2. The molecule has 0 radical (unpaired) electrons. The second kappa shape index (κ2) is 7.47. The fraction of sp³-hybridized carbons (Fsp3) is 0.211. The van der Waals surface area contributed by atoms with Gasteiger partial charge in [0, 0.05) is 17.3 Å². The molecule has 0 saturated heterocycles. The summed E-state index contributed by atoms with van der Waals surface area (Å²) in [7, 11) is 0. The van der Waals surface area contributed by atoms with Crippen molar-refractivity contribution >= 4 is 50.8 Å². The number of rotatable bonds is 6. The van der Waals surface area contributed by atoms with Crippen LogP contribution in [0, 0.1) is 0 Å². The standard InChI is InChI=1S/C19H17N3O2S2/c23-17(11-25-19-22-15-3-1-2-4-16(15)26-19)20-13-7-5-12(6-8-13)18(24)21-14-9-10-14/h1-8,14H,9-11H2,(H,20,23)(H,21,24). The van der Waals surface area contributed by atoms with Crippen LogP contribution < -0.4 is 10.6 Å². The third-order valence-electron chi connectivity index (χ3n) is 3.94. The first-order chi connectivity index (χ1) is 12.7. The van der Waals surface area contributed by atoms with E-state index >= 15 is 0 Å². The summed E-state index contributed by atoms with van der Waals surface area (Å²) in [5, 5.41) is 5.79. The van der Waals surface area contributed by atoms with Crippen molar-refractivity contribution in [2.75, 3.05) is 11.1 Å². The molecule has 0 atom stereocenters. The van der Waals surface area contributed by atoms with Crippen molar-refractivity contribution in [3.63, 3.8) is 0 Å². The Balaban J connectivity index is 1.30. The van der Waals surface area contributed by atoms with Crippen LogP contribution >= 0.6 is 23.1 Å². The number of aromatic nitrogens is 1. The maximum Gasteiger partial charge on any atom is 0.251 e. The molecule has 2 aromatic carbocycles. The van der Waals surface area contributed by atoms with Gasteiger partial charge in [0.05, 0.1) is 16.0 Å². The van der Waals surface area contributed by atoms with E-state index in [0.717, 1.165) is 27.4 Å². The molecule has 3 aromatic rings. The highest BCUT2D eigenvalue weighted by Crippen LogP contribution is 2.29. The van der Waals surface area contributed by atoms with Crippen molar-refractivity contribution in [1.82, 2.24) is 10.3 Å². The lowest BCUT2D eigenvalue weighted by Crippen LogP contribution is -2.25. The van der Waals surface area contributed by atoms with Crippen LogP contribution in [0.2, 0.25) is 0 Å². The second-order valence-corrected chi connectivity index (χ2v) is 8.36. The molecule has 5 nitrogen and oxygen atoms in total. The number of thiazole rings is 1. The number of carbonyl (C=O) groups excluding carboxylic acids is 2. The SMILES string of the molecule is O=C(CSc1nc2ccccc2s1)Nc1ccc(C(=O)NC2CC2)cc1. The van der Waals surface area contributed by atoms with E-state index < -0.39 is 0 Å². The summed E-state index contributed by atoms with van der Waals surface area (Å²) in [5.74, 6) is 0.144. The van der Waals surface area contributed by atoms with Gasteiger partial charge >= 0.3 is 0 Å². The van der Waals surface area contributed by atoms with Crippen LogP contribution in [-0.2, 0) is 4.79 Å². The molecule has 26 heavy (non-hydrogen) atoms. The quantitative estimate of drug-likeness (QED) is 0.633. The normalized spacial score (nSPS) is 13.5. The molecule has 0 bridgehead atoms. The largest absolute Gasteiger partial charge is 0.349 e. The molecule has 0 unspecified atom stereocenters. The Morgan fingerprint density at radius 1 is 1.12 bits per heavy atom. The van der Waals surface area contributed by atoms with Crippen molar-refractivity contribution in [3.8, 4) is 0 Å². The van der Waals surface area contributed by atoms with Crippen molar-refractivity contribution in [3.05, 3.63) is 54.1 Å². The third-order valence-corrected chi connectivity index (χ3v) is 6.12. The summed E-state index contributed by atoms with van der Waals surface area (Å²) < 4.78 is 2.00. The number of thioether (sulfide) groups is 1. The molecule has 2 amide bonds. The van der Waals surface area contributed by atoms with Gasteiger partial charge in [-0.3, -0.25) is 9.59 Å². The van der Waals surface area contributed by atoms with E-state index in [1.165, 1.54) is 11.8 Å². The molecule has 1 saturated carbocycles. The van der Waals surface area contributed by atoms with E-state index in [1.807, 2.05) is 24.3 Å². The zero-order chi connectivity index (χ0) is 17.9. The van der Waals surface area contributed by atoms with Gasteiger partial charge in [-0.25, -0.2) is 4.98 Å². The Morgan fingerprint density at radius 3 is 2.62 bits per heavy atom. The number of para-hydroxylation sites is 1. The predicted octanol–water partition coefficient (Wildman–Crippen LogP) is 3.92. The Kier molecular flexibility index (Phi) is 4.90. The molecule has 132 valence electrons. The molecule has 1 aliphatic carbocycles. The van der Waals surface area contributed by atoms with Gasteiger partial charge in [-0.2, -0.15) is 0 Å². The van der Waals surface area contributed by atoms with Gasteiger partial charge in [-0.05, 0) is 49.2 Å². The van der Waals surface area contributed by atoms with Crippen molar-refractivity contribution in [2.45, 2.75) is 23.2 Å². The summed E-state index contributed by atoms with van der Waals surface area (Å²) in [4.78, 5) is 28.6. The number of anilines is 1. The van der Waals surface area contributed by atoms with Gasteiger partial charge in [0.15, 0.2) is 4.34 Å². The Labute approximate surface area is 159 Å². The number of fused-ring (bicyclic) bond motifs is 1. The molecule has 1 fully saturated rings. The first-order valence-corrected chi connectivity index (χ1v) is 10.2. The lowest BCUT2D eigenvalue weighted by Gasteiger charge is -2.06. The number of nitrogens with zero attached hydrogens (tertiary/aromatic N) is 1. The molecule has 1 aromatic heterocycles. The van der Waals surface area contributed by atoms with Gasteiger partial charge < -0.3 is 10.6 Å². The highest BCUT2D eigenvalue weighted by atomic mass is 32.2. The van der Waals surface area contributed by atoms with Crippen molar-refractivity contribution in [1.29, 1.82) is 0 Å². The van der Waals surface area contributed by atoms with E-state index in [4.69, 9.17) is 0 Å². The Morgan fingerprint density at radius 2 is 1.88 bits per heavy atom. The smallest absolute Gasteiger partial charge is 0.251 e. The average molecular weight is 383 g/mol. The number of hydrogen-bond acceptors (Lipinski definition) is 5. The fourth-order valence-corrected chi connectivity index (χ4v) is 4.31. The minimum absolute atomic E-state index is 0.0585. The van der Waals surface area contributed by atoms with Gasteiger partial charge in [-0.15, -0.1) is 11.3 Å². The van der Waals surface area contributed by atoms with E-state index in [2.05, 4.69) is 15.6 Å². The average Bonchev–Trinajstić information content (AvgIpc) is 3.36. The molecule has 7 heteroatoms. The molecule has 1 aliphatic rings. The summed E-state index contributed by atoms with van der Waals surface area (Å²) in [6.07, 6.45) is 2.12. The topological polar surface area (TPSA) is 71.1 Å². The van der Waals surface area contributed by atoms with Gasteiger partial charge in [0.25, 0.3) is 5.91 Å². The van der Waals surface area contributed by atoms with Crippen LogP contribution in [0.4, 0.5) is 5.69 Å². The molecule has 4 rings (SSSR count). The van der Waals surface area contributed by atoms with E-state index in [1.54, 1.807) is 35.6 Å². The van der Waals surface area contributed by atoms with Crippen LogP contribution in [-0.4, -0.2) is 28.6 Å². The van der Waals surface area contributed by atoms with Crippen LogP contribution in [0.3, 0.4) is 0 Å². The predicted molar refractivity (Wildman–Crippen MR) is 106 cm³/mol. The van der Waals surface area contributed by atoms with Crippen molar-refractivity contribution < 1.29 is 9.59 Å².